The van der Waals surface area contributed by atoms with Gasteiger partial charge in [-0.05, 0) is 42.3 Å². The summed E-state index contributed by atoms with van der Waals surface area (Å²) in [4.78, 5) is 24.9. The molecular weight excluding hydrogens is 454 g/mol. The number of benzene rings is 3. The second kappa shape index (κ2) is 8.60. The molecule has 1 aliphatic heterocycles. The predicted octanol–water partition coefficient (Wildman–Crippen LogP) is 4.03. The van der Waals surface area contributed by atoms with E-state index in [1.807, 2.05) is 24.3 Å². The molecule has 10 heteroatoms. The van der Waals surface area contributed by atoms with Gasteiger partial charge in [0.25, 0.3) is 15.7 Å². The van der Waals surface area contributed by atoms with Crippen molar-refractivity contribution in [2.75, 3.05) is 22.3 Å². The first-order chi connectivity index (χ1) is 15.3. The highest BCUT2D eigenvalue weighted by Crippen LogP contribution is 2.32. The summed E-state index contributed by atoms with van der Waals surface area (Å²) in [5, 5.41) is 11.1. The lowest BCUT2D eigenvalue weighted by molar-refractivity contribution is -0.384. The highest BCUT2D eigenvalue weighted by molar-refractivity contribution is 7.92. The minimum absolute atomic E-state index is 0.176. The first-order valence-corrected chi connectivity index (χ1v) is 11.5. The van der Waals surface area contributed by atoms with Crippen LogP contribution in [-0.2, 0) is 21.2 Å². The third-order valence-electron chi connectivity index (χ3n) is 5.21. The Morgan fingerprint density at radius 2 is 1.75 bits per heavy atom. The van der Waals surface area contributed by atoms with E-state index in [0.29, 0.717) is 13.0 Å². The monoisotopic (exact) mass is 471 g/mol. The van der Waals surface area contributed by atoms with Crippen molar-refractivity contribution in [3.05, 3.63) is 93.5 Å². The van der Waals surface area contributed by atoms with E-state index >= 15 is 0 Å². The van der Waals surface area contributed by atoms with Crippen molar-refractivity contribution < 1.29 is 18.1 Å². The molecule has 0 saturated heterocycles. The Hall–Kier alpha value is -3.43. The number of anilines is 2. The Morgan fingerprint density at radius 1 is 1.06 bits per heavy atom. The maximum atomic E-state index is 13.5. The fourth-order valence-corrected chi connectivity index (χ4v) is 5.26. The van der Waals surface area contributed by atoms with Crippen molar-refractivity contribution >= 4 is 44.6 Å². The number of amides is 1. The summed E-state index contributed by atoms with van der Waals surface area (Å²) in [7, 11) is -4.31. The Labute approximate surface area is 189 Å². The molecule has 0 unspecified atom stereocenters. The van der Waals surface area contributed by atoms with E-state index in [1.54, 1.807) is 35.2 Å². The zero-order chi connectivity index (χ0) is 22.9. The number of sulfonamides is 1. The van der Waals surface area contributed by atoms with Crippen LogP contribution in [0.5, 0.6) is 0 Å². The van der Waals surface area contributed by atoms with Gasteiger partial charge in [-0.2, -0.15) is 0 Å². The van der Waals surface area contributed by atoms with Crippen LogP contribution in [0.1, 0.15) is 5.56 Å². The van der Waals surface area contributed by atoms with Crippen molar-refractivity contribution in [1.82, 2.24) is 0 Å². The topological polar surface area (TPSA) is 101 Å². The van der Waals surface area contributed by atoms with Gasteiger partial charge in [0, 0.05) is 18.3 Å². The Bertz CT molecular complexity index is 1300. The molecule has 8 nitrogen and oxygen atoms in total. The van der Waals surface area contributed by atoms with E-state index in [9.17, 15) is 23.3 Å². The molecule has 0 N–H and O–H groups in total. The van der Waals surface area contributed by atoms with Crippen LogP contribution < -0.4 is 9.21 Å². The van der Waals surface area contributed by atoms with Gasteiger partial charge in [-0.15, -0.1) is 0 Å². The number of para-hydroxylation sites is 2. The van der Waals surface area contributed by atoms with Crippen LogP contribution in [0.15, 0.2) is 77.7 Å². The molecule has 0 spiro atoms. The summed E-state index contributed by atoms with van der Waals surface area (Å²) in [5.74, 6) is -0.397. The number of nitrogens with zero attached hydrogens (tertiary/aromatic N) is 3. The van der Waals surface area contributed by atoms with Gasteiger partial charge < -0.3 is 4.90 Å². The quantitative estimate of drug-likeness (QED) is 0.399. The molecule has 1 heterocycles. The van der Waals surface area contributed by atoms with Gasteiger partial charge in [-0.3, -0.25) is 19.2 Å². The summed E-state index contributed by atoms with van der Waals surface area (Å²) in [6.07, 6.45) is 0.684. The van der Waals surface area contributed by atoms with Crippen molar-refractivity contribution in [1.29, 1.82) is 0 Å². The molecule has 0 atom stereocenters. The maximum absolute atomic E-state index is 13.5. The fraction of sp³-hybridized carbons (Fsp3) is 0.136. The van der Waals surface area contributed by atoms with Crippen molar-refractivity contribution in [2.45, 2.75) is 11.3 Å². The first-order valence-electron chi connectivity index (χ1n) is 9.69. The number of halogens is 1. The van der Waals surface area contributed by atoms with E-state index in [4.69, 9.17) is 11.6 Å². The largest absolute Gasteiger partial charge is 0.310 e. The van der Waals surface area contributed by atoms with Crippen LogP contribution in [0.2, 0.25) is 5.02 Å². The fourth-order valence-electron chi connectivity index (χ4n) is 3.63. The Kier molecular flexibility index (Phi) is 5.86. The van der Waals surface area contributed by atoms with E-state index in [-0.39, 0.29) is 15.6 Å². The smallest absolute Gasteiger partial charge is 0.289 e. The molecule has 1 amide bonds. The lowest BCUT2D eigenvalue weighted by Gasteiger charge is -2.26. The number of hydrogen-bond acceptors (Lipinski definition) is 5. The van der Waals surface area contributed by atoms with Crippen LogP contribution in [0.25, 0.3) is 0 Å². The number of hydrogen-bond donors (Lipinski definition) is 0. The van der Waals surface area contributed by atoms with Gasteiger partial charge in [0.05, 0.1) is 15.5 Å². The van der Waals surface area contributed by atoms with Crippen molar-refractivity contribution in [3.63, 3.8) is 0 Å². The predicted molar refractivity (Wildman–Crippen MR) is 122 cm³/mol. The minimum Gasteiger partial charge on any atom is -0.310 e. The number of carbonyl (C=O) groups excluding carboxylic acids is 1. The molecule has 3 aromatic rings. The molecule has 0 fully saturated rings. The van der Waals surface area contributed by atoms with Crippen molar-refractivity contribution in [2.24, 2.45) is 0 Å². The Morgan fingerprint density at radius 3 is 2.47 bits per heavy atom. The van der Waals surface area contributed by atoms with Gasteiger partial charge in [0.15, 0.2) is 0 Å². The lowest BCUT2D eigenvalue weighted by Crippen LogP contribution is -2.42. The maximum Gasteiger partial charge on any atom is 0.289 e. The highest BCUT2D eigenvalue weighted by Gasteiger charge is 2.32. The van der Waals surface area contributed by atoms with Gasteiger partial charge in [-0.1, -0.05) is 48.0 Å². The summed E-state index contributed by atoms with van der Waals surface area (Å²) in [6, 6.07) is 18.9. The van der Waals surface area contributed by atoms with Gasteiger partial charge in [0.2, 0.25) is 5.91 Å². The van der Waals surface area contributed by atoms with Crippen LogP contribution in [0.4, 0.5) is 17.1 Å². The number of nitro groups is 1. The highest BCUT2D eigenvalue weighted by atomic mass is 35.5. The molecular formula is C22H18ClN3O5S. The summed E-state index contributed by atoms with van der Waals surface area (Å²) in [5.41, 5.74) is 1.51. The average Bonchev–Trinajstić information content (AvgIpc) is 3.22. The normalized spacial score (nSPS) is 13.0. The van der Waals surface area contributed by atoms with Crippen LogP contribution in [-0.4, -0.2) is 32.3 Å². The molecule has 1 aliphatic rings. The molecule has 32 heavy (non-hydrogen) atoms. The number of rotatable bonds is 6. The molecule has 0 aromatic heterocycles. The van der Waals surface area contributed by atoms with Crippen LogP contribution in [0.3, 0.4) is 0 Å². The molecule has 4 rings (SSSR count). The van der Waals surface area contributed by atoms with E-state index in [1.165, 1.54) is 6.07 Å². The van der Waals surface area contributed by atoms with Crippen LogP contribution >= 0.6 is 11.6 Å². The molecule has 0 radical (unpaired) electrons. The Balaban J connectivity index is 1.73. The van der Waals surface area contributed by atoms with Gasteiger partial charge >= 0.3 is 0 Å². The third-order valence-corrected chi connectivity index (χ3v) is 7.30. The van der Waals surface area contributed by atoms with E-state index < -0.39 is 33.1 Å². The average molecular weight is 472 g/mol. The van der Waals surface area contributed by atoms with E-state index in [2.05, 4.69) is 0 Å². The van der Waals surface area contributed by atoms with Crippen molar-refractivity contribution in [3.8, 4) is 0 Å². The van der Waals surface area contributed by atoms with Gasteiger partial charge in [-0.25, -0.2) is 8.42 Å². The number of carbonyl (C=O) groups is 1. The van der Waals surface area contributed by atoms with Crippen LogP contribution in [0, 0.1) is 10.1 Å². The molecule has 0 saturated carbocycles. The molecule has 0 aliphatic carbocycles. The summed E-state index contributed by atoms with van der Waals surface area (Å²) >= 11 is 5.85. The second-order valence-electron chi connectivity index (χ2n) is 7.14. The zero-order valence-electron chi connectivity index (χ0n) is 16.7. The SMILES string of the molecule is O=C(CN(c1ccccc1)S(=O)(=O)c1ccc(Cl)c([N+](=O)[O-])c1)N1CCc2ccccc21. The molecule has 3 aromatic carbocycles. The standard InChI is InChI=1S/C22H18ClN3O5S/c23-19-11-10-18(14-21(19)26(28)29)32(30,31)25(17-7-2-1-3-8-17)15-22(27)24-13-12-16-6-4-5-9-20(16)24/h1-11,14H,12-13,15H2. The number of nitro benzene ring substituents is 1. The first kappa shape index (κ1) is 21.8. The van der Waals surface area contributed by atoms with E-state index in [0.717, 1.165) is 27.7 Å². The minimum atomic E-state index is -4.31. The lowest BCUT2D eigenvalue weighted by atomic mass is 10.2. The second-order valence-corrected chi connectivity index (χ2v) is 9.41. The number of fused-ring (bicyclic) bond motifs is 1. The molecule has 0 bridgehead atoms. The van der Waals surface area contributed by atoms with Gasteiger partial charge in [0.1, 0.15) is 11.6 Å². The molecule has 164 valence electrons. The summed E-state index contributed by atoms with van der Waals surface area (Å²) in [6.45, 7) is -0.00954. The zero-order valence-corrected chi connectivity index (χ0v) is 18.3. The third kappa shape index (κ3) is 4.04. The summed E-state index contributed by atoms with van der Waals surface area (Å²) < 4.78 is 28.0.